The fraction of sp³-hybridized carbons (Fsp3) is 0.800. The van der Waals surface area contributed by atoms with E-state index >= 15 is 0 Å². The molecule has 3 atom stereocenters. The number of rotatable bonds is 2. The van der Waals surface area contributed by atoms with Crippen LogP contribution in [0.25, 0.3) is 0 Å². The zero-order valence-electron chi connectivity index (χ0n) is 8.19. The second-order valence-electron chi connectivity index (χ2n) is 4.22. The average Bonchev–Trinajstić information content (AvgIpc) is 2.76. The van der Waals surface area contributed by atoms with Crippen molar-refractivity contribution in [3.63, 3.8) is 0 Å². The first-order chi connectivity index (χ1) is 6.40. The van der Waals surface area contributed by atoms with E-state index in [1.54, 1.807) is 0 Å². The Morgan fingerprint density at radius 3 is 2.36 bits per heavy atom. The molecule has 0 aliphatic heterocycles. The normalized spacial score (nSPS) is 36.2. The van der Waals surface area contributed by atoms with E-state index in [4.69, 9.17) is 4.74 Å². The Balaban J connectivity index is 1.94. The minimum atomic E-state index is -4.21. The molecule has 1 unspecified atom stereocenters. The zero-order valence-corrected chi connectivity index (χ0v) is 8.19. The van der Waals surface area contributed by atoms with Crippen LogP contribution in [0.2, 0.25) is 0 Å². The summed E-state index contributed by atoms with van der Waals surface area (Å²) in [6, 6.07) is 0. The van der Waals surface area contributed by atoms with Gasteiger partial charge in [0, 0.05) is 0 Å². The maximum Gasteiger partial charge on any atom is 0.411 e. The second kappa shape index (κ2) is 2.99. The highest BCUT2D eigenvalue weighted by Gasteiger charge is 2.51. The lowest BCUT2D eigenvalue weighted by molar-refractivity contribution is -0.183. The fourth-order valence-corrected chi connectivity index (χ4v) is 2.32. The molecule has 0 heterocycles. The summed E-state index contributed by atoms with van der Waals surface area (Å²) >= 11 is 0. The van der Waals surface area contributed by atoms with Gasteiger partial charge in [-0.1, -0.05) is 5.57 Å². The maximum atomic E-state index is 11.9. The molecule has 14 heavy (non-hydrogen) atoms. The van der Waals surface area contributed by atoms with Gasteiger partial charge >= 0.3 is 6.18 Å². The number of ether oxygens (including phenoxy) is 1. The van der Waals surface area contributed by atoms with Crippen LogP contribution in [0.3, 0.4) is 0 Å². The first-order valence-electron chi connectivity index (χ1n) is 4.76. The van der Waals surface area contributed by atoms with Crippen LogP contribution in [0, 0.1) is 11.8 Å². The van der Waals surface area contributed by atoms with Gasteiger partial charge in [0.25, 0.3) is 0 Å². The van der Waals surface area contributed by atoms with E-state index in [2.05, 4.69) is 0 Å². The van der Waals surface area contributed by atoms with Crippen LogP contribution in [0.15, 0.2) is 11.1 Å². The van der Waals surface area contributed by atoms with Gasteiger partial charge in [-0.05, 0) is 37.7 Å². The molecule has 80 valence electrons. The summed E-state index contributed by atoms with van der Waals surface area (Å²) in [6.45, 7) is 2.75. The molecule has 0 aromatic heterocycles. The van der Waals surface area contributed by atoms with Crippen molar-refractivity contribution in [1.29, 1.82) is 0 Å². The van der Waals surface area contributed by atoms with Gasteiger partial charge in [0.15, 0.2) is 0 Å². The molecule has 4 heteroatoms. The Kier molecular flexibility index (Phi) is 2.14. The van der Waals surface area contributed by atoms with Gasteiger partial charge in [0.2, 0.25) is 0 Å². The Morgan fingerprint density at radius 2 is 1.93 bits per heavy atom. The molecular formula is C10H13F3O. The van der Waals surface area contributed by atoms with Crippen molar-refractivity contribution < 1.29 is 17.9 Å². The molecule has 1 saturated carbocycles. The predicted molar refractivity (Wildman–Crippen MR) is 45.8 cm³/mol. The van der Waals surface area contributed by atoms with Crippen LogP contribution in [0.5, 0.6) is 0 Å². The molecular weight excluding hydrogens is 193 g/mol. The van der Waals surface area contributed by atoms with Crippen molar-refractivity contribution in [3.05, 3.63) is 11.1 Å². The quantitative estimate of drug-likeness (QED) is 0.631. The lowest BCUT2D eigenvalue weighted by Crippen LogP contribution is -2.24. The van der Waals surface area contributed by atoms with Crippen molar-refractivity contribution in [2.24, 2.45) is 11.8 Å². The van der Waals surface area contributed by atoms with Gasteiger partial charge in [0.1, 0.15) is 6.61 Å². The first-order valence-corrected chi connectivity index (χ1v) is 4.76. The molecule has 2 rings (SSSR count). The SMILES string of the molecule is CC1=C(C)[C@@H]2CC2[C@@H]1OCC(F)(F)F. The van der Waals surface area contributed by atoms with Crippen LogP contribution in [0.4, 0.5) is 13.2 Å². The highest BCUT2D eigenvalue weighted by molar-refractivity contribution is 5.33. The van der Waals surface area contributed by atoms with Crippen molar-refractivity contribution in [2.45, 2.75) is 32.5 Å². The molecule has 0 spiro atoms. The minimum absolute atomic E-state index is 0.276. The first kappa shape index (κ1) is 10.0. The maximum absolute atomic E-state index is 11.9. The van der Waals surface area contributed by atoms with Crippen molar-refractivity contribution >= 4 is 0 Å². The molecule has 0 aromatic carbocycles. The number of hydrogen-bond acceptors (Lipinski definition) is 1. The highest BCUT2D eigenvalue weighted by Crippen LogP contribution is 2.55. The van der Waals surface area contributed by atoms with Gasteiger partial charge in [0.05, 0.1) is 6.10 Å². The summed E-state index contributed by atoms with van der Waals surface area (Å²) in [6.07, 6.45) is -3.48. The number of hydrogen-bond donors (Lipinski definition) is 0. The van der Waals surface area contributed by atoms with Gasteiger partial charge in [-0.25, -0.2) is 0 Å². The molecule has 2 aliphatic rings. The Hall–Kier alpha value is -0.510. The predicted octanol–water partition coefficient (Wildman–Crippen LogP) is 2.92. The third-order valence-corrected chi connectivity index (χ3v) is 3.26. The molecule has 0 radical (unpaired) electrons. The topological polar surface area (TPSA) is 9.23 Å². The number of halogens is 3. The van der Waals surface area contributed by atoms with Crippen LogP contribution in [-0.2, 0) is 4.74 Å². The second-order valence-corrected chi connectivity index (χ2v) is 4.22. The zero-order chi connectivity index (χ0) is 10.5. The number of alkyl halides is 3. The van der Waals surface area contributed by atoms with Gasteiger partial charge in [-0.3, -0.25) is 0 Å². The lowest BCUT2D eigenvalue weighted by Gasteiger charge is -2.17. The fourth-order valence-electron chi connectivity index (χ4n) is 2.32. The summed E-state index contributed by atoms with van der Waals surface area (Å²) in [7, 11) is 0. The van der Waals surface area contributed by atoms with Crippen LogP contribution in [0.1, 0.15) is 20.3 Å². The smallest absolute Gasteiger partial charge is 0.364 e. The van der Waals surface area contributed by atoms with Crippen molar-refractivity contribution in [2.75, 3.05) is 6.61 Å². The Bertz CT molecular complexity index is 280. The van der Waals surface area contributed by atoms with Crippen LogP contribution >= 0.6 is 0 Å². The summed E-state index contributed by atoms with van der Waals surface area (Å²) in [5, 5.41) is 0. The summed E-state index contributed by atoms with van der Waals surface area (Å²) < 4.78 is 40.7. The molecule has 0 saturated heterocycles. The van der Waals surface area contributed by atoms with E-state index in [-0.39, 0.29) is 6.10 Å². The van der Waals surface area contributed by atoms with Gasteiger partial charge < -0.3 is 4.74 Å². The lowest BCUT2D eigenvalue weighted by atomic mass is 10.1. The molecule has 0 aromatic rings. The number of allylic oxidation sites excluding steroid dienone is 1. The standard InChI is InChI=1S/C10H13F3O/c1-5-6(2)9(8-3-7(5)8)14-4-10(11,12)13/h7-9H,3-4H2,1-2H3/t7-,8?,9+/m0/s1. The van der Waals surface area contributed by atoms with Crippen molar-refractivity contribution in [3.8, 4) is 0 Å². The van der Waals surface area contributed by atoms with Crippen LogP contribution in [-0.4, -0.2) is 18.9 Å². The Morgan fingerprint density at radius 1 is 1.29 bits per heavy atom. The minimum Gasteiger partial charge on any atom is -0.364 e. The van der Waals surface area contributed by atoms with E-state index in [0.717, 1.165) is 12.0 Å². The van der Waals surface area contributed by atoms with E-state index in [9.17, 15) is 13.2 Å². The largest absolute Gasteiger partial charge is 0.411 e. The van der Waals surface area contributed by atoms with E-state index in [1.807, 2.05) is 13.8 Å². The summed E-state index contributed by atoms with van der Waals surface area (Å²) in [5.74, 6) is 0.839. The van der Waals surface area contributed by atoms with E-state index < -0.39 is 12.8 Å². The van der Waals surface area contributed by atoms with E-state index in [0.29, 0.717) is 11.8 Å². The third kappa shape index (κ3) is 1.67. The van der Waals surface area contributed by atoms with Gasteiger partial charge in [-0.2, -0.15) is 13.2 Å². The molecule has 0 bridgehead atoms. The third-order valence-electron chi connectivity index (χ3n) is 3.26. The number of fused-ring (bicyclic) bond motifs is 1. The molecule has 2 aliphatic carbocycles. The molecule has 1 nitrogen and oxygen atoms in total. The molecule has 1 fully saturated rings. The average molecular weight is 206 g/mol. The summed E-state index contributed by atoms with van der Waals surface area (Å²) in [4.78, 5) is 0. The monoisotopic (exact) mass is 206 g/mol. The molecule has 0 N–H and O–H groups in total. The van der Waals surface area contributed by atoms with Gasteiger partial charge in [-0.15, -0.1) is 0 Å². The van der Waals surface area contributed by atoms with Crippen LogP contribution < -0.4 is 0 Å². The Labute approximate surface area is 80.9 Å². The summed E-state index contributed by atoms with van der Waals surface area (Å²) in [5.41, 5.74) is 2.25. The van der Waals surface area contributed by atoms with Crippen molar-refractivity contribution in [1.82, 2.24) is 0 Å². The molecule has 0 amide bonds. The highest BCUT2D eigenvalue weighted by atomic mass is 19.4. The van der Waals surface area contributed by atoms with E-state index in [1.165, 1.54) is 5.57 Å².